The predicted octanol–water partition coefficient (Wildman–Crippen LogP) is 2.74. The molecule has 0 saturated carbocycles. The lowest BCUT2D eigenvalue weighted by molar-refractivity contribution is -0.137. The number of hydrogen-bond donors (Lipinski definition) is 1. The van der Waals surface area contributed by atoms with Crippen molar-refractivity contribution in [2.24, 2.45) is 5.92 Å². The molecule has 0 fully saturated rings. The minimum Gasteiger partial charge on any atom is -0.340 e. The van der Waals surface area contributed by atoms with E-state index in [9.17, 15) is 0 Å². The van der Waals surface area contributed by atoms with E-state index in [0.29, 0.717) is 11.7 Å². The molecule has 0 heterocycles. The lowest BCUT2D eigenvalue weighted by Crippen LogP contribution is -1.93. The van der Waals surface area contributed by atoms with Gasteiger partial charge in [-0.25, -0.2) is 5.26 Å². The lowest BCUT2D eigenvalue weighted by Gasteiger charge is -2.04. The highest BCUT2D eigenvalue weighted by Gasteiger charge is 1.97. The fourth-order valence-corrected chi connectivity index (χ4v) is 1.16. The number of hydrogen-bond acceptors (Lipinski definition) is 2. The largest absolute Gasteiger partial charge is 0.340 e. The first-order valence-corrected chi connectivity index (χ1v) is 4.12. The fraction of sp³-hybridized carbons (Fsp3) is 0.400. The summed E-state index contributed by atoms with van der Waals surface area (Å²) < 4.78 is 0. The molecule has 0 saturated heterocycles. The maximum absolute atomic E-state index is 8.31. The van der Waals surface area contributed by atoms with Gasteiger partial charge < -0.3 is 4.89 Å². The van der Waals surface area contributed by atoms with Crippen LogP contribution in [-0.2, 0) is 6.42 Å². The Balaban J connectivity index is 2.65. The van der Waals surface area contributed by atoms with E-state index in [2.05, 4.69) is 18.7 Å². The van der Waals surface area contributed by atoms with E-state index in [-0.39, 0.29) is 0 Å². The Morgan fingerprint density at radius 1 is 1.25 bits per heavy atom. The van der Waals surface area contributed by atoms with Crippen molar-refractivity contribution in [2.75, 3.05) is 0 Å². The third kappa shape index (κ3) is 2.55. The topological polar surface area (TPSA) is 29.5 Å². The average Bonchev–Trinajstić information content (AvgIpc) is 2.05. The molecule has 0 spiro atoms. The number of rotatable bonds is 3. The second kappa shape index (κ2) is 4.12. The highest BCUT2D eigenvalue weighted by molar-refractivity contribution is 5.26. The second-order valence-corrected chi connectivity index (χ2v) is 3.33. The van der Waals surface area contributed by atoms with Crippen LogP contribution >= 0.6 is 0 Å². The van der Waals surface area contributed by atoms with Gasteiger partial charge in [-0.3, -0.25) is 0 Å². The van der Waals surface area contributed by atoms with Gasteiger partial charge in [-0.1, -0.05) is 26.0 Å². The maximum Gasteiger partial charge on any atom is 0.165 e. The molecule has 66 valence electrons. The molecule has 1 rings (SSSR count). The molecule has 0 radical (unpaired) electrons. The van der Waals surface area contributed by atoms with E-state index >= 15 is 0 Å². The molecular formula is C10H14O2. The first kappa shape index (κ1) is 9.07. The smallest absolute Gasteiger partial charge is 0.165 e. The summed E-state index contributed by atoms with van der Waals surface area (Å²) >= 11 is 0. The Labute approximate surface area is 72.7 Å². The van der Waals surface area contributed by atoms with Crippen LogP contribution < -0.4 is 4.89 Å². The van der Waals surface area contributed by atoms with Crippen LogP contribution in [0.15, 0.2) is 24.3 Å². The molecule has 1 aromatic rings. The Morgan fingerprint density at radius 3 is 2.25 bits per heavy atom. The van der Waals surface area contributed by atoms with Gasteiger partial charge in [0.2, 0.25) is 0 Å². The zero-order valence-electron chi connectivity index (χ0n) is 7.45. The summed E-state index contributed by atoms with van der Waals surface area (Å²) in [5.74, 6) is 1.15. The molecule has 2 heteroatoms. The van der Waals surface area contributed by atoms with Crippen LogP contribution in [0.5, 0.6) is 5.75 Å². The maximum atomic E-state index is 8.31. The second-order valence-electron chi connectivity index (χ2n) is 3.33. The zero-order chi connectivity index (χ0) is 8.97. The molecule has 0 aromatic heterocycles. The van der Waals surface area contributed by atoms with E-state index in [1.165, 1.54) is 5.56 Å². The summed E-state index contributed by atoms with van der Waals surface area (Å²) in [5, 5.41) is 8.31. The van der Waals surface area contributed by atoms with E-state index in [4.69, 9.17) is 5.26 Å². The van der Waals surface area contributed by atoms with Gasteiger partial charge >= 0.3 is 0 Å². The van der Waals surface area contributed by atoms with Crippen molar-refractivity contribution in [2.45, 2.75) is 20.3 Å². The van der Waals surface area contributed by atoms with Gasteiger partial charge in [-0.2, -0.15) is 0 Å². The van der Waals surface area contributed by atoms with Crippen LogP contribution in [-0.4, -0.2) is 5.26 Å². The molecule has 1 N–H and O–H groups in total. The zero-order valence-corrected chi connectivity index (χ0v) is 7.45. The number of benzene rings is 1. The van der Waals surface area contributed by atoms with Gasteiger partial charge in [0.1, 0.15) is 0 Å². The van der Waals surface area contributed by atoms with E-state index in [1.807, 2.05) is 12.1 Å². The van der Waals surface area contributed by atoms with Crippen LogP contribution in [0.1, 0.15) is 19.4 Å². The third-order valence-corrected chi connectivity index (χ3v) is 1.67. The summed E-state index contributed by atoms with van der Waals surface area (Å²) in [6.07, 6.45) is 1.06. The molecule has 0 unspecified atom stereocenters. The summed E-state index contributed by atoms with van der Waals surface area (Å²) in [6, 6.07) is 7.45. The van der Waals surface area contributed by atoms with Crippen molar-refractivity contribution >= 4 is 0 Å². The highest BCUT2D eigenvalue weighted by Crippen LogP contribution is 2.13. The van der Waals surface area contributed by atoms with Crippen molar-refractivity contribution in [3.05, 3.63) is 29.8 Å². The van der Waals surface area contributed by atoms with Crippen molar-refractivity contribution in [3.63, 3.8) is 0 Å². The summed E-state index contributed by atoms with van der Waals surface area (Å²) in [7, 11) is 0. The Kier molecular flexibility index (Phi) is 3.11. The minimum absolute atomic E-state index is 0.488. The van der Waals surface area contributed by atoms with Gasteiger partial charge in [-0.05, 0) is 30.0 Å². The van der Waals surface area contributed by atoms with Crippen LogP contribution in [0.2, 0.25) is 0 Å². The van der Waals surface area contributed by atoms with Crippen molar-refractivity contribution in [1.29, 1.82) is 0 Å². The van der Waals surface area contributed by atoms with Gasteiger partial charge in [-0.15, -0.1) is 0 Å². The first-order chi connectivity index (χ1) is 5.72. The van der Waals surface area contributed by atoms with E-state index in [1.54, 1.807) is 12.1 Å². The molecular weight excluding hydrogens is 152 g/mol. The summed E-state index contributed by atoms with van der Waals surface area (Å²) in [4.78, 5) is 4.07. The highest BCUT2D eigenvalue weighted by atomic mass is 17.1. The Hall–Kier alpha value is -1.02. The van der Waals surface area contributed by atoms with Gasteiger partial charge in [0.15, 0.2) is 5.75 Å². The molecule has 1 aromatic carbocycles. The van der Waals surface area contributed by atoms with Crippen molar-refractivity contribution in [3.8, 4) is 5.75 Å². The molecule has 0 atom stereocenters. The van der Waals surface area contributed by atoms with Crippen LogP contribution in [0.25, 0.3) is 0 Å². The predicted molar refractivity (Wildman–Crippen MR) is 48.2 cm³/mol. The quantitative estimate of drug-likeness (QED) is 0.552. The molecule has 0 amide bonds. The molecule has 0 aliphatic rings. The summed E-state index contributed by atoms with van der Waals surface area (Å²) in [6.45, 7) is 4.35. The van der Waals surface area contributed by atoms with Crippen molar-refractivity contribution in [1.82, 2.24) is 0 Å². The Morgan fingerprint density at radius 2 is 1.83 bits per heavy atom. The van der Waals surface area contributed by atoms with Gasteiger partial charge in [0, 0.05) is 0 Å². The standard InChI is InChI=1S/C10H14O2/c1-8(2)7-9-3-5-10(12-11)6-4-9/h3-6,8,11H,7H2,1-2H3. The van der Waals surface area contributed by atoms with Crippen LogP contribution in [0.4, 0.5) is 0 Å². The van der Waals surface area contributed by atoms with Gasteiger partial charge in [0.05, 0.1) is 0 Å². The van der Waals surface area contributed by atoms with Crippen molar-refractivity contribution < 1.29 is 10.1 Å². The van der Waals surface area contributed by atoms with Crippen LogP contribution in [0.3, 0.4) is 0 Å². The third-order valence-electron chi connectivity index (χ3n) is 1.67. The van der Waals surface area contributed by atoms with Crippen LogP contribution in [0, 0.1) is 5.92 Å². The molecule has 0 aliphatic heterocycles. The lowest BCUT2D eigenvalue weighted by atomic mass is 10.0. The average molecular weight is 166 g/mol. The monoisotopic (exact) mass is 166 g/mol. The molecule has 2 nitrogen and oxygen atoms in total. The van der Waals surface area contributed by atoms with Gasteiger partial charge in [0.25, 0.3) is 0 Å². The first-order valence-electron chi connectivity index (χ1n) is 4.12. The SMILES string of the molecule is CC(C)Cc1ccc(OO)cc1. The molecule has 12 heavy (non-hydrogen) atoms. The molecule has 0 bridgehead atoms. The fourth-order valence-electron chi connectivity index (χ4n) is 1.16. The van der Waals surface area contributed by atoms with E-state index in [0.717, 1.165) is 6.42 Å². The normalized spacial score (nSPS) is 10.3. The minimum atomic E-state index is 0.488. The summed E-state index contributed by atoms with van der Waals surface area (Å²) in [5.41, 5.74) is 1.27. The molecule has 0 aliphatic carbocycles. The van der Waals surface area contributed by atoms with E-state index < -0.39 is 0 Å². The Bertz CT molecular complexity index is 226.